The molecule has 0 heterocycles. The number of ether oxygens (including phenoxy) is 2. The minimum atomic E-state index is -0.428. The normalized spacial score (nSPS) is 10.6. The van der Waals surface area contributed by atoms with Crippen LogP contribution in [0.1, 0.15) is 22.8 Å². The van der Waals surface area contributed by atoms with E-state index in [0.29, 0.717) is 26.2 Å². The summed E-state index contributed by atoms with van der Waals surface area (Å²) in [6.07, 6.45) is 1.49. The SMILES string of the molecule is COc1cc(/C=N\NC(=O)c2cccc(I)c2)cc(I)c1OC(C)=O. The fourth-order valence-electron chi connectivity index (χ4n) is 1.92. The third kappa shape index (κ3) is 5.66. The van der Waals surface area contributed by atoms with Gasteiger partial charge in [0.05, 0.1) is 16.9 Å². The van der Waals surface area contributed by atoms with E-state index in [1.54, 1.807) is 30.3 Å². The smallest absolute Gasteiger partial charge is 0.308 e. The van der Waals surface area contributed by atoms with Gasteiger partial charge < -0.3 is 9.47 Å². The third-order valence-electron chi connectivity index (χ3n) is 2.96. The summed E-state index contributed by atoms with van der Waals surface area (Å²) in [6, 6.07) is 10.6. The number of hydrogen-bond acceptors (Lipinski definition) is 5. The Morgan fingerprint density at radius 3 is 2.60 bits per heavy atom. The lowest BCUT2D eigenvalue weighted by molar-refractivity contribution is -0.132. The molecule has 2 aromatic carbocycles. The molecule has 0 unspecified atom stereocenters. The van der Waals surface area contributed by atoms with E-state index < -0.39 is 5.97 Å². The van der Waals surface area contributed by atoms with Crippen molar-refractivity contribution in [1.29, 1.82) is 0 Å². The number of amides is 1. The van der Waals surface area contributed by atoms with Crippen LogP contribution in [0.25, 0.3) is 0 Å². The van der Waals surface area contributed by atoms with E-state index in [1.807, 2.05) is 28.7 Å². The third-order valence-corrected chi connectivity index (χ3v) is 4.44. The summed E-state index contributed by atoms with van der Waals surface area (Å²) >= 11 is 4.18. The summed E-state index contributed by atoms with van der Waals surface area (Å²) in [4.78, 5) is 23.2. The van der Waals surface area contributed by atoms with E-state index >= 15 is 0 Å². The molecule has 0 radical (unpaired) electrons. The summed E-state index contributed by atoms with van der Waals surface area (Å²) in [5.41, 5.74) is 3.70. The second-order valence-corrected chi connectivity index (χ2v) is 7.25. The van der Waals surface area contributed by atoms with Crippen LogP contribution in [-0.4, -0.2) is 25.2 Å². The predicted molar refractivity (Wildman–Crippen MR) is 111 cm³/mol. The van der Waals surface area contributed by atoms with Crippen molar-refractivity contribution in [2.45, 2.75) is 6.92 Å². The Labute approximate surface area is 172 Å². The van der Waals surface area contributed by atoms with Crippen LogP contribution in [0.5, 0.6) is 11.5 Å². The number of hydrazone groups is 1. The molecule has 0 aromatic heterocycles. The monoisotopic (exact) mass is 564 g/mol. The highest BCUT2D eigenvalue weighted by Crippen LogP contribution is 2.33. The number of esters is 1. The van der Waals surface area contributed by atoms with Gasteiger partial charge in [0.15, 0.2) is 11.5 Å². The van der Waals surface area contributed by atoms with Gasteiger partial charge >= 0.3 is 5.97 Å². The average molecular weight is 564 g/mol. The molecule has 0 fully saturated rings. The van der Waals surface area contributed by atoms with Crippen LogP contribution in [0.3, 0.4) is 0 Å². The second-order valence-electron chi connectivity index (χ2n) is 4.84. The summed E-state index contributed by atoms with van der Waals surface area (Å²) in [7, 11) is 1.48. The molecule has 130 valence electrons. The topological polar surface area (TPSA) is 77.0 Å². The number of carbonyl (C=O) groups is 2. The quantitative estimate of drug-likeness (QED) is 0.198. The van der Waals surface area contributed by atoms with E-state index in [1.165, 1.54) is 20.2 Å². The first kappa shape index (κ1) is 19.6. The molecular formula is C17H14I2N2O4. The number of carbonyl (C=O) groups excluding carboxylic acids is 2. The summed E-state index contributed by atoms with van der Waals surface area (Å²) in [5.74, 6) is 0.0403. The Morgan fingerprint density at radius 1 is 1.20 bits per heavy atom. The van der Waals surface area contributed by atoms with E-state index in [-0.39, 0.29) is 5.91 Å². The number of rotatable bonds is 5. The Hall–Kier alpha value is -1.69. The van der Waals surface area contributed by atoms with Gasteiger partial charge in [-0.2, -0.15) is 5.10 Å². The van der Waals surface area contributed by atoms with Gasteiger partial charge in [0.25, 0.3) is 5.91 Å². The molecule has 6 nitrogen and oxygen atoms in total. The number of hydrogen-bond donors (Lipinski definition) is 1. The maximum absolute atomic E-state index is 12.0. The highest BCUT2D eigenvalue weighted by Gasteiger charge is 2.13. The highest BCUT2D eigenvalue weighted by atomic mass is 127. The number of halogens is 2. The van der Waals surface area contributed by atoms with Crippen molar-refractivity contribution in [2.75, 3.05) is 7.11 Å². The molecule has 1 amide bonds. The summed E-state index contributed by atoms with van der Waals surface area (Å²) < 4.78 is 12.1. The summed E-state index contributed by atoms with van der Waals surface area (Å²) in [6.45, 7) is 1.32. The molecule has 0 saturated carbocycles. The Bertz CT molecular complexity index is 837. The van der Waals surface area contributed by atoms with Crippen molar-refractivity contribution in [3.63, 3.8) is 0 Å². The zero-order valence-corrected chi connectivity index (χ0v) is 17.7. The zero-order chi connectivity index (χ0) is 18.4. The summed E-state index contributed by atoms with van der Waals surface area (Å²) in [5, 5.41) is 3.96. The van der Waals surface area contributed by atoms with Crippen molar-refractivity contribution >= 4 is 63.3 Å². The molecule has 0 bridgehead atoms. The van der Waals surface area contributed by atoms with E-state index in [0.717, 1.165) is 3.57 Å². The maximum Gasteiger partial charge on any atom is 0.308 e. The standard InChI is InChI=1S/C17H14I2N2O4/c1-10(22)25-16-14(19)6-11(7-15(16)24-2)9-20-21-17(23)12-4-3-5-13(18)8-12/h3-9H,1-2H3,(H,21,23)/b20-9-. The van der Waals surface area contributed by atoms with Crippen molar-refractivity contribution in [2.24, 2.45) is 5.10 Å². The van der Waals surface area contributed by atoms with Crippen molar-refractivity contribution in [3.8, 4) is 11.5 Å². The van der Waals surface area contributed by atoms with Crippen LogP contribution in [0.2, 0.25) is 0 Å². The van der Waals surface area contributed by atoms with Gasteiger partial charge in [0.2, 0.25) is 0 Å². The van der Waals surface area contributed by atoms with Crippen molar-refractivity contribution in [1.82, 2.24) is 5.43 Å². The van der Waals surface area contributed by atoms with Crippen LogP contribution in [0, 0.1) is 7.14 Å². The van der Waals surface area contributed by atoms with Crippen LogP contribution in [0.15, 0.2) is 41.5 Å². The molecule has 0 aliphatic rings. The van der Waals surface area contributed by atoms with Crippen LogP contribution < -0.4 is 14.9 Å². The van der Waals surface area contributed by atoms with Gasteiger partial charge in [-0.1, -0.05) is 6.07 Å². The highest BCUT2D eigenvalue weighted by molar-refractivity contribution is 14.1. The van der Waals surface area contributed by atoms with Crippen molar-refractivity contribution in [3.05, 3.63) is 54.7 Å². The molecule has 2 rings (SSSR count). The van der Waals surface area contributed by atoms with Gasteiger partial charge in [0, 0.05) is 16.1 Å². The first-order chi connectivity index (χ1) is 11.9. The van der Waals surface area contributed by atoms with E-state index in [9.17, 15) is 9.59 Å². The van der Waals surface area contributed by atoms with Gasteiger partial charge in [0.1, 0.15) is 0 Å². The molecule has 2 aromatic rings. The minimum absolute atomic E-state index is 0.298. The largest absolute Gasteiger partial charge is 0.493 e. The van der Waals surface area contributed by atoms with Gasteiger partial charge in [-0.05, 0) is 81.1 Å². The molecule has 25 heavy (non-hydrogen) atoms. The minimum Gasteiger partial charge on any atom is -0.493 e. The van der Waals surface area contributed by atoms with Crippen LogP contribution in [0.4, 0.5) is 0 Å². The molecular weight excluding hydrogens is 550 g/mol. The first-order valence-electron chi connectivity index (χ1n) is 7.05. The van der Waals surface area contributed by atoms with E-state index in [2.05, 4.69) is 33.1 Å². The molecule has 8 heteroatoms. The molecule has 0 saturated heterocycles. The average Bonchev–Trinajstić information content (AvgIpc) is 2.56. The van der Waals surface area contributed by atoms with E-state index in [4.69, 9.17) is 9.47 Å². The van der Waals surface area contributed by atoms with Crippen molar-refractivity contribution < 1.29 is 19.1 Å². The lowest BCUT2D eigenvalue weighted by Gasteiger charge is -2.10. The molecule has 0 aliphatic heterocycles. The molecule has 0 aliphatic carbocycles. The zero-order valence-electron chi connectivity index (χ0n) is 13.4. The van der Waals surface area contributed by atoms with Gasteiger partial charge in [-0.3, -0.25) is 9.59 Å². The maximum atomic E-state index is 12.0. The predicted octanol–water partition coefficient (Wildman–Crippen LogP) is 3.59. The second kappa shape index (κ2) is 9.13. The lowest BCUT2D eigenvalue weighted by atomic mass is 10.2. The van der Waals surface area contributed by atoms with Crippen LogP contribution >= 0.6 is 45.2 Å². The van der Waals surface area contributed by atoms with Crippen LogP contribution in [-0.2, 0) is 4.79 Å². The molecule has 1 N–H and O–H groups in total. The Balaban J connectivity index is 2.14. The number of nitrogens with one attached hydrogen (secondary N) is 1. The van der Waals surface area contributed by atoms with Gasteiger partial charge in [-0.25, -0.2) is 5.43 Å². The number of nitrogens with zero attached hydrogens (tertiary/aromatic N) is 1. The molecule has 0 atom stereocenters. The Morgan fingerprint density at radius 2 is 1.96 bits per heavy atom. The molecule has 0 spiro atoms. The fourth-order valence-corrected chi connectivity index (χ4v) is 3.20. The number of benzene rings is 2. The number of methoxy groups -OCH3 is 1. The first-order valence-corrected chi connectivity index (χ1v) is 9.21. The Kier molecular flexibility index (Phi) is 7.17. The van der Waals surface area contributed by atoms with Gasteiger partial charge in [-0.15, -0.1) is 0 Å². The lowest BCUT2D eigenvalue weighted by Crippen LogP contribution is -2.17. The fraction of sp³-hybridized carbons (Fsp3) is 0.118.